The standard InChI is InChI=1S/C14H19NO3/c1-4-10-15-13(14(16)17-3)11-8-6-7-9-12(11)18-5-2/h4,6-9,13,15H,1,5,10H2,2-3H3. The Kier molecular flexibility index (Phi) is 5.94. The monoisotopic (exact) mass is 249 g/mol. The van der Waals surface area contributed by atoms with Crippen molar-refractivity contribution in [3.63, 3.8) is 0 Å². The molecule has 1 atom stereocenters. The molecule has 1 aromatic rings. The molecule has 0 heterocycles. The molecule has 0 bridgehead atoms. The number of ether oxygens (including phenoxy) is 2. The van der Waals surface area contributed by atoms with Crippen molar-refractivity contribution in [2.45, 2.75) is 13.0 Å². The first-order valence-corrected chi connectivity index (χ1v) is 5.88. The molecule has 0 saturated heterocycles. The van der Waals surface area contributed by atoms with Crippen LogP contribution < -0.4 is 10.1 Å². The zero-order valence-electron chi connectivity index (χ0n) is 10.8. The quantitative estimate of drug-likeness (QED) is 0.593. The van der Waals surface area contributed by atoms with E-state index in [1.165, 1.54) is 7.11 Å². The zero-order valence-corrected chi connectivity index (χ0v) is 10.8. The van der Waals surface area contributed by atoms with Crippen LogP contribution in [0.2, 0.25) is 0 Å². The molecule has 4 nitrogen and oxygen atoms in total. The maximum atomic E-state index is 11.8. The number of hydrogen-bond donors (Lipinski definition) is 1. The molecule has 0 aromatic heterocycles. The third-order valence-electron chi connectivity index (χ3n) is 2.43. The number of esters is 1. The van der Waals surface area contributed by atoms with Crippen molar-refractivity contribution in [1.82, 2.24) is 5.32 Å². The third-order valence-corrected chi connectivity index (χ3v) is 2.43. The van der Waals surface area contributed by atoms with Crippen molar-refractivity contribution in [3.05, 3.63) is 42.5 Å². The first-order chi connectivity index (χ1) is 8.74. The molecule has 0 aliphatic rings. The van der Waals surface area contributed by atoms with Gasteiger partial charge in [-0.25, -0.2) is 4.79 Å². The van der Waals surface area contributed by atoms with Crippen molar-refractivity contribution in [1.29, 1.82) is 0 Å². The molecule has 0 spiro atoms. The zero-order chi connectivity index (χ0) is 13.4. The maximum absolute atomic E-state index is 11.8. The summed E-state index contributed by atoms with van der Waals surface area (Å²) in [7, 11) is 1.37. The SMILES string of the molecule is C=CCNC(C(=O)OC)c1ccccc1OCC. The van der Waals surface area contributed by atoms with Crippen molar-refractivity contribution >= 4 is 5.97 Å². The van der Waals surface area contributed by atoms with Crippen LogP contribution in [-0.2, 0) is 9.53 Å². The van der Waals surface area contributed by atoms with Crippen LogP contribution in [0, 0.1) is 0 Å². The van der Waals surface area contributed by atoms with Crippen LogP contribution in [0.1, 0.15) is 18.5 Å². The topological polar surface area (TPSA) is 47.6 Å². The van der Waals surface area contributed by atoms with Gasteiger partial charge in [-0.15, -0.1) is 6.58 Å². The number of hydrogen-bond acceptors (Lipinski definition) is 4. The van der Waals surface area contributed by atoms with Gasteiger partial charge in [0.25, 0.3) is 0 Å². The van der Waals surface area contributed by atoms with Crippen LogP contribution in [0.15, 0.2) is 36.9 Å². The van der Waals surface area contributed by atoms with Crippen molar-refractivity contribution in [2.75, 3.05) is 20.3 Å². The molecule has 0 amide bonds. The van der Waals surface area contributed by atoms with E-state index in [4.69, 9.17) is 9.47 Å². The first-order valence-electron chi connectivity index (χ1n) is 5.88. The summed E-state index contributed by atoms with van der Waals surface area (Å²) in [6.07, 6.45) is 1.69. The molecule has 4 heteroatoms. The molecular weight excluding hydrogens is 230 g/mol. The van der Waals surface area contributed by atoms with E-state index < -0.39 is 6.04 Å². The van der Waals surface area contributed by atoms with E-state index in [-0.39, 0.29) is 5.97 Å². The number of benzene rings is 1. The molecule has 0 saturated carbocycles. The second-order valence-corrected chi connectivity index (χ2v) is 3.62. The van der Waals surface area contributed by atoms with Crippen molar-refractivity contribution in [3.8, 4) is 5.75 Å². The van der Waals surface area contributed by atoms with Gasteiger partial charge in [-0.1, -0.05) is 24.3 Å². The van der Waals surface area contributed by atoms with Crippen LogP contribution in [0.3, 0.4) is 0 Å². The van der Waals surface area contributed by atoms with Gasteiger partial charge in [0.15, 0.2) is 0 Å². The summed E-state index contributed by atoms with van der Waals surface area (Å²) >= 11 is 0. The van der Waals surface area contributed by atoms with E-state index in [9.17, 15) is 4.79 Å². The maximum Gasteiger partial charge on any atom is 0.327 e. The average molecular weight is 249 g/mol. The first kappa shape index (κ1) is 14.3. The Hall–Kier alpha value is -1.81. The Bertz CT molecular complexity index is 404. The van der Waals surface area contributed by atoms with Gasteiger partial charge in [0.2, 0.25) is 0 Å². The summed E-state index contributed by atoms with van der Waals surface area (Å²) in [6.45, 7) is 6.59. The third kappa shape index (κ3) is 3.60. The molecule has 0 aliphatic carbocycles. The molecule has 1 N–H and O–H groups in total. The Morgan fingerprint density at radius 3 is 2.83 bits per heavy atom. The van der Waals surface area contributed by atoms with E-state index in [1.54, 1.807) is 6.08 Å². The smallest absolute Gasteiger partial charge is 0.327 e. The van der Waals surface area contributed by atoms with E-state index in [1.807, 2.05) is 31.2 Å². The highest BCUT2D eigenvalue weighted by Gasteiger charge is 2.23. The number of methoxy groups -OCH3 is 1. The Morgan fingerprint density at radius 2 is 2.22 bits per heavy atom. The lowest BCUT2D eigenvalue weighted by Crippen LogP contribution is -2.30. The predicted octanol–water partition coefficient (Wildman–Crippen LogP) is 2.07. The van der Waals surface area contributed by atoms with Gasteiger partial charge in [0, 0.05) is 12.1 Å². The summed E-state index contributed by atoms with van der Waals surface area (Å²) in [5, 5.41) is 3.06. The molecule has 0 aliphatic heterocycles. The van der Waals surface area contributed by atoms with Gasteiger partial charge in [0.05, 0.1) is 13.7 Å². The highest BCUT2D eigenvalue weighted by atomic mass is 16.5. The van der Waals surface area contributed by atoms with Crippen molar-refractivity contribution in [2.24, 2.45) is 0 Å². The van der Waals surface area contributed by atoms with Gasteiger partial charge in [-0.2, -0.15) is 0 Å². The van der Waals surface area contributed by atoms with Crippen LogP contribution in [0.4, 0.5) is 0 Å². The van der Waals surface area contributed by atoms with E-state index in [0.29, 0.717) is 18.9 Å². The number of nitrogens with one attached hydrogen (secondary N) is 1. The highest BCUT2D eigenvalue weighted by molar-refractivity contribution is 5.78. The molecule has 1 unspecified atom stereocenters. The fourth-order valence-corrected chi connectivity index (χ4v) is 1.65. The summed E-state index contributed by atoms with van der Waals surface area (Å²) in [4.78, 5) is 11.8. The van der Waals surface area contributed by atoms with Crippen LogP contribution in [0.5, 0.6) is 5.75 Å². The molecule has 1 aromatic carbocycles. The minimum Gasteiger partial charge on any atom is -0.494 e. The van der Waals surface area contributed by atoms with Gasteiger partial charge in [-0.3, -0.25) is 5.32 Å². The minimum atomic E-state index is -0.546. The van der Waals surface area contributed by atoms with Crippen LogP contribution >= 0.6 is 0 Å². The normalized spacial score (nSPS) is 11.7. The summed E-state index contributed by atoms with van der Waals surface area (Å²) < 4.78 is 10.3. The number of rotatable bonds is 7. The summed E-state index contributed by atoms with van der Waals surface area (Å²) in [5.41, 5.74) is 0.771. The van der Waals surface area contributed by atoms with Gasteiger partial charge in [-0.05, 0) is 13.0 Å². The number of para-hydroxylation sites is 1. The fraction of sp³-hybridized carbons (Fsp3) is 0.357. The lowest BCUT2D eigenvalue weighted by atomic mass is 10.1. The molecule has 18 heavy (non-hydrogen) atoms. The molecule has 98 valence electrons. The Labute approximate surface area is 108 Å². The van der Waals surface area contributed by atoms with Crippen LogP contribution in [0.25, 0.3) is 0 Å². The highest BCUT2D eigenvalue weighted by Crippen LogP contribution is 2.25. The van der Waals surface area contributed by atoms with Gasteiger partial charge >= 0.3 is 5.97 Å². The Morgan fingerprint density at radius 1 is 1.50 bits per heavy atom. The lowest BCUT2D eigenvalue weighted by Gasteiger charge is -2.19. The lowest BCUT2D eigenvalue weighted by molar-refractivity contribution is -0.143. The largest absolute Gasteiger partial charge is 0.494 e. The fourth-order valence-electron chi connectivity index (χ4n) is 1.65. The average Bonchev–Trinajstić information content (AvgIpc) is 2.40. The predicted molar refractivity (Wildman–Crippen MR) is 70.6 cm³/mol. The second-order valence-electron chi connectivity index (χ2n) is 3.62. The second kappa shape index (κ2) is 7.50. The molecular formula is C14H19NO3. The van der Waals surface area contributed by atoms with E-state index >= 15 is 0 Å². The minimum absolute atomic E-state index is 0.344. The van der Waals surface area contributed by atoms with Crippen molar-refractivity contribution < 1.29 is 14.3 Å². The van der Waals surface area contributed by atoms with E-state index in [2.05, 4.69) is 11.9 Å². The van der Waals surface area contributed by atoms with Gasteiger partial charge < -0.3 is 9.47 Å². The number of carbonyl (C=O) groups excluding carboxylic acids is 1. The molecule has 1 rings (SSSR count). The number of carbonyl (C=O) groups is 1. The molecule has 0 radical (unpaired) electrons. The summed E-state index contributed by atoms with van der Waals surface area (Å²) in [6, 6.07) is 6.88. The van der Waals surface area contributed by atoms with Gasteiger partial charge in [0.1, 0.15) is 11.8 Å². The van der Waals surface area contributed by atoms with E-state index in [0.717, 1.165) is 5.56 Å². The molecule has 0 fully saturated rings. The Balaban J connectivity index is 3.02. The summed E-state index contributed by atoms with van der Waals surface area (Å²) in [5.74, 6) is 0.343. The van der Waals surface area contributed by atoms with Crippen LogP contribution in [-0.4, -0.2) is 26.2 Å².